The number of aliphatic hydroxyl groups excluding tert-OH is 1. The van der Waals surface area contributed by atoms with Crippen LogP contribution in [0.2, 0.25) is 0 Å². The van der Waals surface area contributed by atoms with Crippen LogP contribution in [-0.4, -0.2) is 61.5 Å². The first-order chi connectivity index (χ1) is 10.3. The predicted octanol–water partition coefficient (Wildman–Crippen LogP) is 2.02. The van der Waals surface area contributed by atoms with Crippen LogP contribution in [0.5, 0.6) is 0 Å². The second-order valence-electron chi connectivity index (χ2n) is 6.88. The summed E-state index contributed by atoms with van der Waals surface area (Å²) in [6.07, 6.45) is 9.33. The lowest BCUT2D eigenvalue weighted by Gasteiger charge is -2.41. The van der Waals surface area contributed by atoms with Gasteiger partial charge in [-0.1, -0.05) is 19.8 Å². The summed E-state index contributed by atoms with van der Waals surface area (Å²) in [5, 5.41) is 12.3. The molecule has 0 aromatic heterocycles. The molecule has 0 radical (unpaired) electrons. The van der Waals surface area contributed by atoms with Crippen molar-refractivity contribution >= 4 is 0 Å². The van der Waals surface area contributed by atoms with E-state index in [0.717, 1.165) is 31.5 Å². The van der Waals surface area contributed by atoms with Gasteiger partial charge in [0.25, 0.3) is 0 Å². The van der Waals surface area contributed by atoms with Crippen LogP contribution in [0.25, 0.3) is 0 Å². The largest absolute Gasteiger partial charge is 0.394 e. The minimum atomic E-state index is 0.131. The third-order valence-electron chi connectivity index (χ3n) is 5.09. The molecule has 1 aliphatic carbocycles. The van der Waals surface area contributed by atoms with Gasteiger partial charge in [0.15, 0.2) is 0 Å². The number of hydrogen-bond donors (Lipinski definition) is 2. The molecule has 1 aliphatic heterocycles. The summed E-state index contributed by atoms with van der Waals surface area (Å²) in [4.78, 5) is 2.75. The molecule has 1 saturated carbocycles. The first-order valence-electron chi connectivity index (χ1n) is 8.95. The Hall–Kier alpha value is -0.160. The minimum absolute atomic E-state index is 0.131. The zero-order chi connectivity index (χ0) is 14.9. The summed E-state index contributed by atoms with van der Waals surface area (Å²) < 4.78 is 5.28. The van der Waals surface area contributed by atoms with E-state index in [1.165, 1.54) is 51.6 Å². The quantitative estimate of drug-likeness (QED) is 0.673. The summed E-state index contributed by atoms with van der Waals surface area (Å²) in [6.45, 7) is 7.36. The highest BCUT2D eigenvalue weighted by Gasteiger charge is 2.27. The van der Waals surface area contributed by atoms with Gasteiger partial charge in [-0.3, -0.25) is 0 Å². The topological polar surface area (TPSA) is 44.7 Å². The smallest absolute Gasteiger partial charge is 0.0697 e. The average molecular weight is 298 g/mol. The van der Waals surface area contributed by atoms with Crippen molar-refractivity contribution in [2.24, 2.45) is 5.92 Å². The summed E-state index contributed by atoms with van der Waals surface area (Å²) in [5.41, 5.74) is 0. The molecule has 21 heavy (non-hydrogen) atoms. The Morgan fingerprint density at radius 2 is 1.95 bits per heavy atom. The second-order valence-corrected chi connectivity index (χ2v) is 6.88. The third kappa shape index (κ3) is 6.23. The molecule has 2 rings (SSSR count). The van der Waals surface area contributed by atoms with Gasteiger partial charge >= 0.3 is 0 Å². The van der Waals surface area contributed by atoms with Crippen LogP contribution in [0.1, 0.15) is 51.9 Å². The Morgan fingerprint density at radius 1 is 1.14 bits per heavy atom. The van der Waals surface area contributed by atoms with E-state index in [1.807, 2.05) is 0 Å². The van der Waals surface area contributed by atoms with E-state index in [4.69, 9.17) is 9.84 Å². The summed E-state index contributed by atoms with van der Waals surface area (Å²) >= 11 is 0. The van der Waals surface area contributed by atoms with Crippen LogP contribution < -0.4 is 5.32 Å². The number of piperidine rings is 1. The number of nitrogens with zero attached hydrogens (tertiary/aromatic N) is 1. The molecule has 2 unspecified atom stereocenters. The van der Waals surface area contributed by atoms with E-state index in [0.29, 0.717) is 12.6 Å². The van der Waals surface area contributed by atoms with Crippen molar-refractivity contribution in [3.63, 3.8) is 0 Å². The first-order valence-corrected chi connectivity index (χ1v) is 8.95. The summed E-state index contributed by atoms with van der Waals surface area (Å²) in [5.74, 6) is 0.929. The van der Waals surface area contributed by atoms with E-state index in [1.54, 1.807) is 0 Å². The molecule has 0 amide bonds. The Kier molecular flexibility index (Phi) is 8.01. The van der Waals surface area contributed by atoms with Gasteiger partial charge < -0.3 is 20.1 Å². The molecular formula is C17H34N2O2. The molecule has 4 nitrogen and oxygen atoms in total. The van der Waals surface area contributed by atoms with Gasteiger partial charge in [0.1, 0.15) is 0 Å². The second kappa shape index (κ2) is 9.78. The highest BCUT2D eigenvalue weighted by Crippen LogP contribution is 2.29. The number of likely N-dealkylation sites (tertiary alicyclic amines) is 1. The van der Waals surface area contributed by atoms with Crippen molar-refractivity contribution in [3.8, 4) is 0 Å². The highest BCUT2D eigenvalue weighted by molar-refractivity contribution is 4.84. The molecule has 124 valence electrons. The van der Waals surface area contributed by atoms with Crippen LogP contribution in [0.15, 0.2) is 0 Å². The molecule has 1 heterocycles. The van der Waals surface area contributed by atoms with Gasteiger partial charge in [0, 0.05) is 18.7 Å². The van der Waals surface area contributed by atoms with Gasteiger partial charge in [0.05, 0.1) is 13.2 Å². The van der Waals surface area contributed by atoms with E-state index in [2.05, 4.69) is 17.1 Å². The standard InChI is InChI=1S/C17H34N2O2/c1-15-4-2-5-17(14-15)19-9-6-16(7-10-19)18-8-3-12-21-13-11-20/h15-18,20H,2-14H2,1H3. The fourth-order valence-electron chi connectivity index (χ4n) is 3.85. The van der Waals surface area contributed by atoms with E-state index < -0.39 is 0 Å². The normalized spacial score (nSPS) is 28.9. The SMILES string of the molecule is CC1CCCC(N2CCC(NCCCOCCO)CC2)C1. The molecule has 2 atom stereocenters. The number of ether oxygens (including phenoxy) is 1. The maximum absolute atomic E-state index is 8.63. The van der Waals surface area contributed by atoms with Gasteiger partial charge in [-0.25, -0.2) is 0 Å². The van der Waals surface area contributed by atoms with Crippen LogP contribution >= 0.6 is 0 Å². The Labute approximate surface area is 130 Å². The Bertz CT molecular complexity index is 268. The minimum Gasteiger partial charge on any atom is -0.394 e. The van der Waals surface area contributed by atoms with Crippen LogP contribution in [0, 0.1) is 5.92 Å². The first kappa shape index (κ1) is 17.2. The Morgan fingerprint density at radius 3 is 2.67 bits per heavy atom. The van der Waals surface area contributed by atoms with E-state index >= 15 is 0 Å². The van der Waals surface area contributed by atoms with Crippen molar-refractivity contribution in [1.82, 2.24) is 10.2 Å². The number of rotatable bonds is 8. The van der Waals surface area contributed by atoms with Crippen LogP contribution in [-0.2, 0) is 4.74 Å². The number of hydrogen-bond acceptors (Lipinski definition) is 4. The predicted molar refractivity (Wildman–Crippen MR) is 86.5 cm³/mol. The zero-order valence-electron chi connectivity index (χ0n) is 13.7. The highest BCUT2D eigenvalue weighted by atomic mass is 16.5. The molecule has 2 aliphatic rings. The van der Waals surface area contributed by atoms with Crippen LogP contribution in [0.3, 0.4) is 0 Å². The van der Waals surface area contributed by atoms with Crippen LogP contribution in [0.4, 0.5) is 0 Å². The lowest BCUT2D eigenvalue weighted by Crippen LogP contribution is -2.48. The van der Waals surface area contributed by atoms with Crippen molar-refractivity contribution in [3.05, 3.63) is 0 Å². The molecule has 0 bridgehead atoms. The number of nitrogens with one attached hydrogen (secondary N) is 1. The zero-order valence-corrected chi connectivity index (χ0v) is 13.7. The van der Waals surface area contributed by atoms with Crippen molar-refractivity contribution in [2.45, 2.75) is 64.0 Å². The summed E-state index contributed by atoms with van der Waals surface area (Å²) in [6, 6.07) is 1.56. The molecule has 0 aromatic rings. The van der Waals surface area contributed by atoms with Crippen molar-refractivity contribution in [2.75, 3.05) is 39.5 Å². The van der Waals surface area contributed by atoms with E-state index in [9.17, 15) is 0 Å². The van der Waals surface area contributed by atoms with E-state index in [-0.39, 0.29) is 6.61 Å². The van der Waals surface area contributed by atoms with Crippen molar-refractivity contribution in [1.29, 1.82) is 0 Å². The average Bonchev–Trinajstić information content (AvgIpc) is 2.51. The van der Waals surface area contributed by atoms with Crippen molar-refractivity contribution < 1.29 is 9.84 Å². The summed E-state index contributed by atoms with van der Waals surface area (Å²) in [7, 11) is 0. The fourth-order valence-corrected chi connectivity index (χ4v) is 3.85. The molecule has 1 saturated heterocycles. The fraction of sp³-hybridized carbons (Fsp3) is 1.00. The van der Waals surface area contributed by atoms with Gasteiger partial charge in [-0.15, -0.1) is 0 Å². The molecule has 0 aromatic carbocycles. The molecule has 0 spiro atoms. The lowest BCUT2D eigenvalue weighted by molar-refractivity contribution is 0.0867. The monoisotopic (exact) mass is 298 g/mol. The number of aliphatic hydroxyl groups is 1. The third-order valence-corrected chi connectivity index (χ3v) is 5.09. The molecule has 2 N–H and O–H groups in total. The molecule has 4 heteroatoms. The van der Waals surface area contributed by atoms with Gasteiger partial charge in [-0.05, 0) is 57.7 Å². The van der Waals surface area contributed by atoms with Gasteiger partial charge in [0.2, 0.25) is 0 Å². The maximum Gasteiger partial charge on any atom is 0.0697 e. The molecular weight excluding hydrogens is 264 g/mol. The maximum atomic E-state index is 8.63. The lowest BCUT2D eigenvalue weighted by atomic mass is 9.85. The molecule has 2 fully saturated rings. The Balaban J connectivity index is 1.53. The van der Waals surface area contributed by atoms with Gasteiger partial charge in [-0.2, -0.15) is 0 Å².